The lowest BCUT2D eigenvalue weighted by Gasteiger charge is -2.38. The van der Waals surface area contributed by atoms with Crippen LogP contribution in [0.5, 0.6) is 0 Å². The molecule has 9 nitrogen and oxygen atoms in total. The SMILES string of the molecule is CCS(=O)(=O)OC1(C(N)=O)CCC(CCN2CCN(c3nccc4occc34)CC2)CC1. The fraction of sp³-hybridized carbons (Fsp3) is 0.636. The summed E-state index contributed by atoms with van der Waals surface area (Å²) in [5.74, 6) is 0.579. The number of hydrogen-bond donors (Lipinski definition) is 1. The lowest BCUT2D eigenvalue weighted by Crippen LogP contribution is -2.50. The Morgan fingerprint density at radius 2 is 1.97 bits per heavy atom. The van der Waals surface area contributed by atoms with Gasteiger partial charge in [-0.25, -0.2) is 4.98 Å². The van der Waals surface area contributed by atoms with Gasteiger partial charge in [0, 0.05) is 32.4 Å². The number of amides is 1. The number of furan rings is 1. The highest BCUT2D eigenvalue weighted by Gasteiger charge is 2.44. The number of rotatable bonds is 8. The molecule has 0 radical (unpaired) electrons. The van der Waals surface area contributed by atoms with Crippen molar-refractivity contribution in [2.24, 2.45) is 11.7 Å². The van der Waals surface area contributed by atoms with Gasteiger partial charge in [-0.1, -0.05) is 0 Å². The number of anilines is 1. The number of pyridine rings is 1. The molecular formula is C22H32N4O5S. The maximum atomic E-state index is 12.0. The summed E-state index contributed by atoms with van der Waals surface area (Å²) in [7, 11) is -3.73. The van der Waals surface area contributed by atoms with Crippen molar-refractivity contribution in [3.8, 4) is 0 Å². The van der Waals surface area contributed by atoms with Crippen LogP contribution in [0.2, 0.25) is 0 Å². The van der Waals surface area contributed by atoms with E-state index in [0.29, 0.717) is 18.8 Å². The molecule has 1 aliphatic heterocycles. The molecule has 0 aromatic carbocycles. The fourth-order valence-corrected chi connectivity index (χ4v) is 5.64. The minimum absolute atomic E-state index is 0.165. The van der Waals surface area contributed by atoms with Gasteiger partial charge in [-0.15, -0.1) is 0 Å². The number of piperazine rings is 1. The van der Waals surface area contributed by atoms with E-state index >= 15 is 0 Å². The van der Waals surface area contributed by atoms with Crippen LogP contribution >= 0.6 is 0 Å². The van der Waals surface area contributed by atoms with Crippen molar-refractivity contribution >= 4 is 32.8 Å². The standard InChI is InChI=1S/C22H32N4O5S/c1-2-32(28,29)31-22(21(23)27)8-3-17(4-9-22)6-11-25-12-14-26(15-13-25)20-18-7-16-30-19(18)5-10-24-20/h5,7,10,16-17H,2-4,6,8-9,11-15H2,1H3,(H2,23,27). The molecule has 1 saturated heterocycles. The van der Waals surface area contributed by atoms with Crippen molar-refractivity contribution in [1.29, 1.82) is 0 Å². The van der Waals surface area contributed by atoms with Crippen molar-refractivity contribution in [3.63, 3.8) is 0 Å². The van der Waals surface area contributed by atoms with Crippen molar-refractivity contribution in [1.82, 2.24) is 9.88 Å². The van der Waals surface area contributed by atoms with E-state index in [1.807, 2.05) is 12.1 Å². The summed E-state index contributed by atoms with van der Waals surface area (Å²) in [4.78, 5) is 21.3. The highest BCUT2D eigenvalue weighted by atomic mass is 32.2. The number of nitrogens with zero attached hydrogens (tertiary/aromatic N) is 3. The minimum atomic E-state index is -3.73. The Balaban J connectivity index is 1.25. The number of carbonyl (C=O) groups excluding carboxylic acids is 1. The molecule has 0 spiro atoms. The van der Waals surface area contributed by atoms with E-state index in [4.69, 9.17) is 14.3 Å². The maximum absolute atomic E-state index is 12.0. The van der Waals surface area contributed by atoms with Crippen LogP contribution in [0.25, 0.3) is 11.0 Å². The Kier molecular flexibility index (Phi) is 6.73. The summed E-state index contributed by atoms with van der Waals surface area (Å²) in [6, 6.07) is 3.85. The van der Waals surface area contributed by atoms with Gasteiger partial charge in [-0.3, -0.25) is 13.9 Å². The van der Waals surface area contributed by atoms with Gasteiger partial charge in [0.25, 0.3) is 16.0 Å². The molecule has 1 saturated carbocycles. The number of aromatic nitrogens is 1. The smallest absolute Gasteiger partial charge is 0.268 e. The van der Waals surface area contributed by atoms with E-state index in [-0.39, 0.29) is 5.75 Å². The molecule has 32 heavy (non-hydrogen) atoms. The number of nitrogens with two attached hydrogens (primary N) is 1. The summed E-state index contributed by atoms with van der Waals surface area (Å²) in [5.41, 5.74) is 5.02. The first-order valence-corrected chi connectivity index (χ1v) is 12.9. The third kappa shape index (κ3) is 4.92. The molecule has 1 amide bonds. The van der Waals surface area contributed by atoms with E-state index in [9.17, 15) is 13.2 Å². The first-order valence-electron chi connectivity index (χ1n) is 11.3. The quantitative estimate of drug-likeness (QED) is 0.590. The third-order valence-corrected chi connectivity index (χ3v) is 8.17. The van der Waals surface area contributed by atoms with E-state index in [0.717, 1.165) is 68.8 Å². The number of fused-ring (bicyclic) bond motifs is 1. The Morgan fingerprint density at radius 3 is 2.62 bits per heavy atom. The van der Waals surface area contributed by atoms with Crippen LogP contribution in [-0.2, 0) is 19.1 Å². The molecule has 2 aromatic rings. The molecule has 0 unspecified atom stereocenters. The van der Waals surface area contributed by atoms with E-state index in [1.54, 1.807) is 12.5 Å². The van der Waals surface area contributed by atoms with Crippen molar-refractivity contribution < 1.29 is 21.8 Å². The summed E-state index contributed by atoms with van der Waals surface area (Å²) >= 11 is 0. The van der Waals surface area contributed by atoms with Gasteiger partial charge < -0.3 is 15.1 Å². The zero-order valence-electron chi connectivity index (χ0n) is 18.5. The molecule has 4 rings (SSSR count). The lowest BCUT2D eigenvalue weighted by atomic mass is 9.77. The second-order valence-corrected chi connectivity index (χ2v) is 10.7. The van der Waals surface area contributed by atoms with Gasteiger partial charge in [-0.05, 0) is 63.6 Å². The number of carbonyl (C=O) groups is 1. The van der Waals surface area contributed by atoms with Crippen molar-refractivity contribution in [3.05, 3.63) is 24.6 Å². The normalized spacial score (nSPS) is 25.3. The molecule has 176 valence electrons. The highest BCUT2D eigenvalue weighted by molar-refractivity contribution is 7.86. The van der Waals surface area contributed by atoms with Crippen LogP contribution in [0.4, 0.5) is 5.82 Å². The van der Waals surface area contributed by atoms with Gasteiger partial charge in [0.1, 0.15) is 11.4 Å². The fourth-order valence-electron chi connectivity index (χ4n) is 4.79. The van der Waals surface area contributed by atoms with E-state index in [1.165, 1.54) is 6.92 Å². The largest absolute Gasteiger partial charge is 0.464 e. The molecule has 1 aliphatic carbocycles. The van der Waals surface area contributed by atoms with Gasteiger partial charge in [-0.2, -0.15) is 8.42 Å². The highest BCUT2D eigenvalue weighted by Crippen LogP contribution is 2.37. The molecule has 10 heteroatoms. The minimum Gasteiger partial charge on any atom is -0.464 e. The zero-order chi connectivity index (χ0) is 22.8. The zero-order valence-corrected chi connectivity index (χ0v) is 19.3. The Labute approximate surface area is 189 Å². The Hall–Kier alpha value is -2.17. The van der Waals surface area contributed by atoms with Gasteiger partial charge in [0.05, 0.1) is 17.4 Å². The Morgan fingerprint density at radius 1 is 1.25 bits per heavy atom. The van der Waals surface area contributed by atoms with Crippen LogP contribution < -0.4 is 10.6 Å². The molecule has 2 fully saturated rings. The first kappa shape index (κ1) is 23.0. The molecule has 3 heterocycles. The molecule has 0 atom stereocenters. The van der Waals surface area contributed by atoms with Crippen LogP contribution in [0.1, 0.15) is 39.0 Å². The third-order valence-electron chi connectivity index (χ3n) is 6.89. The molecule has 0 bridgehead atoms. The molecular weight excluding hydrogens is 432 g/mol. The van der Waals surface area contributed by atoms with Crippen LogP contribution in [0.15, 0.2) is 29.0 Å². The van der Waals surface area contributed by atoms with Gasteiger partial charge >= 0.3 is 0 Å². The average molecular weight is 465 g/mol. The monoisotopic (exact) mass is 464 g/mol. The summed E-state index contributed by atoms with van der Waals surface area (Å²) in [6.45, 7) is 6.24. The summed E-state index contributed by atoms with van der Waals surface area (Å²) < 4.78 is 34.6. The topological polar surface area (TPSA) is 119 Å². The lowest BCUT2D eigenvalue weighted by molar-refractivity contribution is -0.136. The predicted molar refractivity (Wildman–Crippen MR) is 122 cm³/mol. The summed E-state index contributed by atoms with van der Waals surface area (Å²) in [5, 5.41) is 1.05. The van der Waals surface area contributed by atoms with Gasteiger partial charge in [0.15, 0.2) is 5.60 Å². The van der Waals surface area contributed by atoms with Gasteiger partial charge in [0.2, 0.25) is 0 Å². The van der Waals surface area contributed by atoms with Crippen LogP contribution in [0, 0.1) is 5.92 Å². The maximum Gasteiger partial charge on any atom is 0.268 e. The molecule has 2 aromatic heterocycles. The van der Waals surface area contributed by atoms with Crippen molar-refractivity contribution in [2.45, 2.75) is 44.6 Å². The van der Waals surface area contributed by atoms with Crippen LogP contribution in [0.3, 0.4) is 0 Å². The summed E-state index contributed by atoms with van der Waals surface area (Å²) in [6.07, 6.45) is 6.72. The average Bonchev–Trinajstić information content (AvgIpc) is 3.28. The molecule has 2 N–H and O–H groups in total. The second-order valence-electron chi connectivity index (χ2n) is 8.82. The number of primary amides is 1. The van der Waals surface area contributed by atoms with E-state index in [2.05, 4.69) is 14.8 Å². The predicted octanol–water partition coefficient (Wildman–Crippen LogP) is 2.12. The Bertz CT molecular complexity index is 1040. The number of hydrogen-bond acceptors (Lipinski definition) is 8. The van der Waals surface area contributed by atoms with E-state index < -0.39 is 21.6 Å². The van der Waals surface area contributed by atoms with Crippen LogP contribution in [-0.4, -0.2) is 68.3 Å². The van der Waals surface area contributed by atoms with Crippen molar-refractivity contribution in [2.75, 3.05) is 43.4 Å². The first-order chi connectivity index (χ1) is 15.3. The molecule has 2 aliphatic rings. The second kappa shape index (κ2) is 9.36.